The smallest absolute Gasteiger partial charge is 0.326 e. The summed E-state index contributed by atoms with van der Waals surface area (Å²) >= 11 is 0. The Bertz CT molecular complexity index is 848. The summed E-state index contributed by atoms with van der Waals surface area (Å²) in [4.78, 5) is 45.9. The molecule has 156 valence electrons. The second-order valence-corrected chi connectivity index (χ2v) is 7.31. The first-order valence-electron chi connectivity index (χ1n) is 9.96. The molecule has 0 spiro atoms. The van der Waals surface area contributed by atoms with Crippen LogP contribution in [0.3, 0.4) is 0 Å². The maximum atomic E-state index is 13.0. The lowest BCUT2D eigenvalue weighted by atomic mass is 10.1. The van der Waals surface area contributed by atoms with E-state index < -0.39 is 18.1 Å². The third-order valence-electron chi connectivity index (χ3n) is 5.17. The number of carboxylic acids is 1. The highest BCUT2D eigenvalue weighted by Gasteiger charge is 2.37. The first-order chi connectivity index (χ1) is 14.0. The fraction of sp³-hybridized carbons (Fsp3) is 0.500. The van der Waals surface area contributed by atoms with Crippen LogP contribution in [0.25, 0.3) is 11.0 Å². The van der Waals surface area contributed by atoms with Gasteiger partial charge in [-0.2, -0.15) is 0 Å². The van der Waals surface area contributed by atoms with E-state index in [1.54, 1.807) is 0 Å². The third kappa shape index (κ3) is 5.11. The fourth-order valence-electron chi connectivity index (χ4n) is 3.72. The predicted octanol–water partition coefficient (Wildman–Crippen LogP) is 0.795. The molecule has 1 aromatic heterocycles. The highest BCUT2D eigenvalue weighted by molar-refractivity contribution is 5.91. The van der Waals surface area contributed by atoms with Crippen molar-refractivity contribution >= 4 is 28.8 Å². The number of amides is 2. The summed E-state index contributed by atoms with van der Waals surface area (Å²) in [6, 6.07) is 5.89. The molecule has 3 rings (SSSR count). The molecule has 2 heterocycles. The van der Waals surface area contributed by atoms with Crippen LogP contribution in [0.4, 0.5) is 0 Å². The minimum absolute atomic E-state index is 0.0116. The lowest BCUT2D eigenvalue weighted by Gasteiger charge is -2.27. The molecule has 0 radical (unpaired) electrons. The summed E-state index contributed by atoms with van der Waals surface area (Å²) in [7, 11) is 0. The maximum Gasteiger partial charge on any atom is 0.326 e. The number of unbranched alkanes of at least 4 members (excludes halogenated alkanes) is 1. The van der Waals surface area contributed by atoms with Gasteiger partial charge in [0.2, 0.25) is 11.8 Å². The maximum absolute atomic E-state index is 13.0. The van der Waals surface area contributed by atoms with Crippen LogP contribution in [0.5, 0.6) is 0 Å². The lowest BCUT2D eigenvalue weighted by molar-refractivity contribution is -0.149. The van der Waals surface area contributed by atoms with Gasteiger partial charge in [0.25, 0.3) is 0 Å². The van der Waals surface area contributed by atoms with Crippen molar-refractivity contribution in [3.05, 3.63) is 30.1 Å². The zero-order chi connectivity index (χ0) is 20.8. The Morgan fingerprint density at radius 2 is 2.10 bits per heavy atom. The van der Waals surface area contributed by atoms with Crippen molar-refractivity contribution in [3.8, 4) is 0 Å². The summed E-state index contributed by atoms with van der Waals surface area (Å²) in [5.41, 5.74) is 7.15. The fourth-order valence-corrected chi connectivity index (χ4v) is 3.72. The van der Waals surface area contributed by atoms with Gasteiger partial charge in [0.15, 0.2) is 0 Å². The first-order valence-corrected chi connectivity index (χ1v) is 9.96. The van der Waals surface area contributed by atoms with Crippen molar-refractivity contribution in [1.29, 1.82) is 0 Å². The van der Waals surface area contributed by atoms with Crippen LogP contribution in [0.2, 0.25) is 0 Å². The number of benzene rings is 1. The Balaban J connectivity index is 1.67. The van der Waals surface area contributed by atoms with E-state index in [0.717, 1.165) is 17.5 Å². The predicted molar refractivity (Wildman–Crippen MR) is 107 cm³/mol. The van der Waals surface area contributed by atoms with E-state index in [2.05, 4.69) is 15.3 Å². The van der Waals surface area contributed by atoms with Crippen LogP contribution in [-0.4, -0.2) is 62.9 Å². The Labute approximate surface area is 168 Å². The van der Waals surface area contributed by atoms with Gasteiger partial charge in [0.05, 0.1) is 17.5 Å². The van der Waals surface area contributed by atoms with Gasteiger partial charge in [-0.1, -0.05) is 12.1 Å². The molecule has 0 bridgehead atoms. The van der Waals surface area contributed by atoms with Gasteiger partial charge in [-0.3, -0.25) is 9.59 Å². The number of aromatic amines is 1. The normalized spacial score (nSPS) is 17.4. The van der Waals surface area contributed by atoms with Crippen LogP contribution in [0.1, 0.15) is 37.9 Å². The minimum Gasteiger partial charge on any atom is -0.480 e. The van der Waals surface area contributed by atoms with Crippen LogP contribution >= 0.6 is 0 Å². The molecule has 0 aliphatic carbocycles. The molecule has 2 amide bonds. The highest BCUT2D eigenvalue weighted by atomic mass is 16.4. The molecule has 9 nitrogen and oxygen atoms in total. The Morgan fingerprint density at radius 1 is 1.31 bits per heavy atom. The summed E-state index contributed by atoms with van der Waals surface area (Å²) < 4.78 is 0. The SMILES string of the molecule is NCCCC[C@H](NC(=O)Cc1nc2ccccc2[nH]1)C(=O)N1CCC[C@H]1C(=O)O. The lowest BCUT2D eigenvalue weighted by Crippen LogP contribution is -2.52. The second-order valence-electron chi connectivity index (χ2n) is 7.31. The highest BCUT2D eigenvalue weighted by Crippen LogP contribution is 2.20. The number of likely N-dealkylation sites (tertiary alicyclic amines) is 1. The van der Waals surface area contributed by atoms with E-state index in [4.69, 9.17) is 5.73 Å². The minimum atomic E-state index is -1.01. The standard InChI is InChI=1S/C20H27N5O4/c21-10-4-3-8-15(19(27)25-11-5-9-16(25)20(28)29)24-18(26)12-17-22-13-6-1-2-7-14(13)23-17/h1-2,6-7,15-16H,3-5,8-12,21H2,(H,22,23)(H,24,26)(H,28,29)/t15-,16-/m0/s1. The number of H-pyrrole nitrogens is 1. The molecule has 2 aromatic rings. The van der Waals surface area contributed by atoms with Crippen molar-refractivity contribution in [2.24, 2.45) is 5.73 Å². The average Bonchev–Trinajstić information content (AvgIpc) is 3.33. The number of nitrogens with zero attached hydrogens (tertiary/aromatic N) is 2. The summed E-state index contributed by atoms with van der Waals surface area (Å²) in [6.07, 6.45) is 2.91. The summed E-state index contributed by atoms with van der Waals surface area (Å²) in [5.74, 6) is -1.17. The van der Waals surface area contributed by atoms with Gasteiger partial charge in [-0.25, -0.2) is 9.78 Å². The molecule has 1 aromatic carbocycles. The Kier molecular flexibility index (Phi) is 6.82. The molecule has 0 saturated carbocycles. The zero-order valence-electron chi connectivity index (χ0n) is 16.3. The molecule has 1 aliphatic rings. The molecule has 2 atom stereocenters. The molecule has 1 saturated heterocycles. The van der Waals surface area contributed by atoms with E-state index in [-0.39, 0.29) is 18.2 Å². The number of carbonyl (C=O) groups is 3. The molecule has 5 N–H and O–H groups in total. The van der Waals surface area contributed by atoms with Crippen molar-refractivity contribution < 1.29 is 19.5 Å². The number of nitrogens with one attached hydrogen (secondary N) is 2. The van der Waals surface area contributed by atoms with Crippen molar-refractivity contribution in [1.82, 2.24) is 20.2 Å². The van der Waals surface area contributed by atoms with E-state index >= 15 is 0 Å². The zero-order valence-corrected chi connectivity index (χ0v) is 16.3. The van der Waals surface area contributed by atoms with Crippen LogP contribution in [0, 0.1) is 0 Å². The average molecular weight is 401 g/mol. The molecule has 9 heteroatoms. The number of nitrogens with two attached hydrogens (primary N) is 1. The topological polar surface area (TPSA) is 141 Å². The quantitative estimate of drug-likeness (QED) is 0.458. The number of rotatable bonds is 9. The van der Waals surface area contributed by atoms with Gasteiger partial charge >= 0.3 is 5.97 Å². The Hall–Kier alpha value is -2.94. The molecular formula is C20H27N5O4. The molecular weight excluding hydrogens is 374 g/mol. The van der Waals surface area contributed by atoms with Gasteiger partial charge in [0, 0.05) is 6.54 Å². The number of para-hydroxylation sites is 2. The molecule has 1 fully saturated rings. The van der Waals surface area contributed by atoms with E-state index in [1.165, 1.54) is 4.90 Å². The second kappa shape index (κ2) is 9.51. The number of carboxylic acid groups (broad SMARTS) is 1. The number of aromatic nitrogens is 2. The van der Waals surface area contributed by atoms with Crippen molar-refractivity contribution in [2.45, 2.75) is 50.6 Å². The van der Waals surface area contributed by atoms with Gasteiger partial charge in [-0.15, -0.1) is 0 Å². The summed E-state index contributed by atoms with van der Waals surface area (Å²) in [6.45, 7) is 0.887. The number of hydrogen-bond donors (Lipinski definition) is 4. The monoisotopic (exact) mass is 401 g/mol. The van der Waals surface area contributed by atoms with Gasteiger partial charge < -0.3 is 26.0 Å². The number of imidazole rings is 1. The van der Waals surface area contributed by atoms with Crippen molar-refractivity contribution in [2.75, 3.05) is 13.1 Å². The van der Waals surface area contributed by atoms with Crippen LogP contribution < -0.4 is 11.1 Å². The van der Waals surface area contributed by atoms with E-state index in [9.17, 15) is 19.5 Å². The van der Waals surface area contributed by atoms with E-state index in [1.807, 2.05) is 24.3 Å². The number of aliphatic carboxylic acids is 1. The largest absolute Gasteiger partial charge is 0.480 e. The first kappa shape index (κ1) is 20.8. The van der Waals surface area contributed by atoms with Crippen molar-refractivity contribution in [3.63, 3.8) is 0 Å². The van der Waals surface area contributed by atoms with Crippen LogP contribution in [-0.2, 0) is 20.8 Å². The molecule has 29 heavy (non-hydrogen) atoms. The number of hydrogen-bond acceptors (Lipinski definition) is 5. The number of fused-ring (bicyclic) bond motifs is 1. The molecule has 0 unspecified atom stereocenters. The molecule has 1 aliphatic heterocycles. The third-order valence-corrected chi connectivity index (χ3v) is 5.17. The van der Waals surface area contributed by atoms with Gasteiger partial charge in [0.1, 0.15) is 17.9 Å². The number of carbonyl (C=O) groups excluding carboxylic acids is 2. The van der Waals surface area contributed by atoms with Gasteiger partial charge in [-0.05, 0) is 50.8 Å². The summed E-state index contributed by atoms with van der Waals surface area (Å²) in [5, 5.41) is 12.1. The Morgan fingerprint density at radius 3 is 2.83 bits per heavy atom. The van der Waals surface area contributed by atoms with Crippen LogP contribution in [0.15, 0.2) is 24.3 Å². The van der Waals surface area contributed by atoms with E-state index in [0.29, 0.717) is 44.6 Å².